The lowest BCUT2D eigenvalue weighted by Crippen LogP contribution is -2.23. The molecule has 2 heterocycles. The van der Waals surface area contributed by atoms with Gasteiger partial charge in [-0.25, -0.2) is 4.39 Å². The van der Waals surface area contributed by atoms with Crippen molar-refractivity contribution in [3.05, 3.63) is 79.8 Å². The van der Waals surface area contributed by atoms with Crippen LogP contribution in [0.3, 0.4) is 0 Å². The lowest BCUT2D eigenvalue weighted by atomic mass is 10.2. The number of fused-ring (bicyclic) bond motifs is 1. The maximum Gasteiger partial charge on any atom is 0.291 e. The molecule has 4 nitrogen and oxygen atoms in total. The van der Waals surface area contributed by atoms with Gasteiger partial charge in [-0.05, 0) is 24.3 Å². The van der Waals surface area contributed by atoms with Crippen LogP contribution in [0.1, 0.15) is 5.56 Å². The lowest BCUT2D eigenvalue weighted by molar-refractivity contribution is 0.625. The standard InChI is InChI=1S/C17H9ClFN3OS/c18-12-6-3-5-11(8-12)15-20-17-22(21-15)16(23)14(24-17)9-10-4-1-2-7-13(10)19/h1-9H/b14-9-. The number of hydrogen-bond donors (Lipinski definition) is 0. The number of hydrogen-bond acceptors (Lipinski definition) is 4. The molecule has 4 rings (SSSR count). The number of benzene rings is 2. The highest BCUT2D eigenvalue weighted by atomic mass is 35.5. The van der Waals surface area contributed by atoms with E-state index in [1.54, 1.807) is 36.4 Å². The summed E-state index contributed by atoms with van der Waals surface area (Å²) in [6.45, 7) is 0. The van der Waals surface area contributed by atoms with E-state index in [0.29, 0.717) is 25.9 Å². The van der Waals surface area contributed by atoms with Crippen molar-refractivity contribution < 1.29 is 4.39 Å². The fourth-order valence-electron chi connectivity index (χ4n) is 2.32. The number of halogens is 2. The predicted octanol–water partition coefficient (Wildman–Crippen LogP) is 3.16. The molecule has 2 aromatic heterocycles. The minimum absolute atomic E-state index is 0.320. The summed E-state index contributed by atoms with van der Waals surface area (Å²) < 4.78 is 15.3. The van der Waals surface area contributed by atoms with Crippen LogP contribution in [-0.2, 0) is 0 Å². The third-order valence-electron chi connectivity index (χ3n) is 3.46. The lowest BCUT2D eigenvalue weighted by Gasteiger charge is -1.94. The zero-order valence-electron chi connectivity index (χ0n) is 12.1. The molecule has 2 aromatic carbocycles. The first kappa shape index (κ1) is 15.0. The van der Waals surface area contributed by atoms with Gasteiger partial charge in [0.2, 0.25) is 4.96 Å². The molecule has 0 fully saturated rings. The van der Waals surface area contributed by atoms with Crippen molar-refractivity contribution >= 4 is 34.0 Å². The number of nitrogens with zero attached hydrogens (tertiary/aromatic N) is 3. The first-order valence-electron chi connectivity index (χ1n) is 7.03. The van der Waals surface area contributed by atoms with Crippen LogP contribution in [0.5, 0.6) is 0 Å². The third kappa shape index (κ3) is 2.60. The number of aromatic nitrogens is 3. The van der Waals surface area contributed by atoms with Crippen molar-refractivity contribution in [2.75, 3.05) is 0 Å². The number of thiazole rings is 1. The van der Waals surface area contributed by atoms with Crippen molar-refractivity contribution in [1.29, 1.82) is 0 Å². The van der Waals surface area contributed by atoms with Gasteiger partial charge in [0.15, 0.2) is 5.82 Å². The van der Waals surface area contributed by atoms with Gasteiger partial charge in [0.05, 0.1) is 4.53 Å². The summed E-state index contributed by atoms with van der Waals surface area (Å²) in [6, 6.07) is 13.4. The molecule has 7 heteroatoms. The molecule has 0 unspecified atom stereocenters. The zero-order chi connectivity index (χ0) is 16.7. The molecule has 0 spiro atoms. The van der Waals surface area contributed by atoms with Gasteiger partial charge >= 0.3 is 0 Å². The quantitative estimate of drug-likeness (QED) is 0.553. The topological polar surface area (TPSA) is 47.3 Å². The van der Waals surface area contributed by atoms with E-state index in [9.17, 15) is 9.18 Å². The molecule has 0 aliphatic rings. The summed E-state index contributed by atoms with van der Waals surface area (Å²) in [5.74, 6) is 0.0498. The Morgan fingerprint density at radius 3 is 2.75 bits per heavy atom. The Hall–Kier alpha value is -2.57. The van der Waals surface area contributed by atoms with Gasteiger partial charge in [0, 0.05) is 16.1 Å². The predicted molar refractivity (Wildman–Crippen MR) is 92.8 cm³/mol. The second kappa shape index (κ2) is 5.81. The summed E-state index contributed by atoms with van der Waals surface area (Å²) in [7, 11) is 0. The fraction of sp³-hybridized carbons (Fsp3) is 0. The van der Waals surface area contributed by atoms with E-state index in [1.807, 2.05) is 6.07 Å². The maximum atomic E-state index is 13.7. The van der Waals surface area contributed by atoms with Gasteiger partial charge in [0.1, 0.15) is 5.82 Å². The summed E-state index contributed by atoms with van der Waals surface area (Å²) in [4.78, 5) is 17.3. The summed E-state index contributed by atoms with van der Waals surface area (Å²) >= 11 is 7.14. The van der Waals surface area contributed by atoms with Crippen molar-refractivity contribution in [2.45, 2.75) is 0 Å². The molecule has 0 saturated heterocycles. The summed E-state index contributed by atoms with van der Waals surface area (Å²) in [6.07, 6.45) is 1.51. The molecule has 0 radical (unpaired) electrons. The maximum absolute atomic E-state index is 13.7. The number of rotatable bonds is 2. The molecule has 0 atom stereocenters. The van der Waals surface area contributed by atoms with Gasteiger partial charge in [-0.1, -0.05) is 53.3 Å². The van der Waals surface area contributed by atoms with Crippen LogP contribution < -0.4 is 10.1 Å². The minimum atomic E-state index is -0.379. The first-order chi connectivity index (χ1) is 11.6. The first-order valence-corrected chi connectivity index (χ1v) is 8.23. The third-order valence-corrected chi connectivity index (χ3v) is 4.65. The van der Waals surface area contributed by atoms with Gasteiger partial charge in [-0.3, -0.25) is 4.79 Å². The van der Waals surface area contributed by atoms with Gasteiger partial charge in [-0.2, -0.15) is 9.50 Å². The monoisotopic (exact) mass is 357 g/mol. The van der Waals surface area contributed by atoms with E-state index in [4.69, 9.17) is 11.6 Å². The van der Waals surface area contributed by atoms with E-state index < -0.39 is 0 Å². The van der Waals surface area contributed by atoms with Crippen LogP contribution in [0.25, 0.3) is 22.4 Å². The zero-order valence-corrected chi connectivity index (χ0v) is 13.7. The highest BCUT2D eigenvalue weighted by Gasteiger charge is 2.12. The molecule has 0 bridgehead atoms. The highest BCUT2D eigenvalue weighted by molar-refractivity contribution is 7.15. The molecule has 0 aliphatic carbocycles. The van der Waals surface area contributed by atoms with E-state index in [0.717, 1.165) is 5.56 Å². The molecule has 0 saturated carbocycles. The van der Waals surface area contributed by atoms with Crippen molar-refractivity contribution in [3.63, 3.8) is 0 Å². The van der Waals surface area contributed by atoms with E-state index in [-0.39, 0.29) is 11.4 Å². The summed E-state index contributed by atoms with van der Waals surface area (Å²) in [5, 5.41) is 4.81. The summed E-state index contributed by atoms with van der Waals surface area (Å²) in [5.41, 5.74) is 0.769. The van der Waals surface area contributed by atoms with E-state index in [2.05, 4.69) is 10.1 Å². The molecule has 118 valence electrons. The average molecular weight is 358 g/mol. The van der Waals surface area contributed by atoms with Crippen LogP contribution in [0.15, 0.2) is 53.3 Å². The van der Waals surface area contributed by atoms with Gasteiger partial charge in [-0.15, -0.1) is 5.10 Å². The Morgan fingerprint density at radius 1 is 1.17 bits per heavy atom. The second-order valence-electron chi connectivity index (χ2n) is 5.08. The smallest absolute Gasteiger partial charge is 0.266 e. The molecule has 0 aliphatic heterocycles. The fourth-order valence-corrected chi connectivity index (χ4v) is 3.41. The normalized spacial score (nSPS) is 12.2. The molecule has 0 N–H and O–H groups in total. The SMILES string of the molecule is O=c1/c(=C/c2ccccc2F)sc2nc(-c3cccc(Cl)c3)nn12. The van der Waals surface area contributed by atoms with Crippen LogP contribution in [0.2, 0.25) is 5.02 Å². The van der Waals surface area contributed by atoms with Gasteiger partial charge in [0.25, 0.3) is 5.56 Å². The molecular weight excluding hydrogens is 349 g/mol. The molecule has 0 amide bonds. The van der Waals surface area contributed by atoms with E-state index in [1.165, 1.54) is 28.0 Å². The molecule has 4 aromatic rings. The Kier molecular flexibility index (Phi) is 3.63. The molecular formula is C17H9ClFN3OS. The highest BCUT2D eigenvalue weighted by Crippen LogP contribution is 2.20. The van der Waals surface area contributed by atoms with Gasteiger partial charge < -0.3 is 0 Å². The van der Waals surface area contributed by atoms with Crippen molar-refractivity contribution in [1.82, 2.24) is 14.6 Å². The Labute approximate surface area is 144 Å². The van der Waals surface area contributed by atoms with E-state index >= 15 is 0 Å². The molecule has 24 heavy (non-hydrogen) atoms. The Morgan fingerprint density at radius 2 is 2.00 bits per heavy atom. The average Bonchev–Trinajstić information content (AvgIpc) is 3.10. The Bertz CT molecular complexity index is 1170. The largest absolute Gasteiger partial charge is 0.291 e. The minimum Gasteiger partial charge on any atom is -0.266 e. The second-order valence-corrected chi connectivity index (χ2v) is 6.52. The van der Waals surface area contributed by atoms with Crippen molar-refractivity contribution in [3.8, 4) is 11.4 Å². The van der Waals surface area contributed by atoms with Crippen LogP contribution in [0.4, 0.5) is 4.39 Å². The Balaban J connectivity index is 1.85. The van der Waals surface area contributed by atoms with Crippen LogP contribution >= 0.6 is 22.9 Å². The van der Waals surface area contributed by atoms with Crippen molar-refractivity contribution in [2.24, 2.45) is 0 Å². The van der Waals surface area contributed by atoms with Crippen LogP contribution in [-0.4, -0.2) is 14.6 Å². The van der Waals surface area contributed by atoms with Crippen LogP contribution in [0, 0.1) is 5.82 Å².